The first-order valence-electron chi connectivity index (χ1n) is 5.53. The molecule has 0 saturated carbocycles. The molecule has 7 heteroatoms. The number of carbonyl (C=O) groups is 1. The Hall–Kier alpha value is -2.15. The van der Waals surface area contributed by atoms with Crippen molar-refractivity contribution in [1.82, 2.24) is 4.90 Å². The van der Waals surface area contributed by atoms with E-state index in [2.05, 4.69) is 4.74 Å². The highest BCUT2D eigenvalue weighted by Gasteiger charge is 2.19. The predicted molar refractivity (Wildman–Crippen MR) is 68.3 cm³/mol. The van der Waals surface area contributed by atoms with Crippen LogP contribution >= 0.6 is 0 Å². The molecule has 0 aromatic heterocycles. The van der Waals surface area contributed by atoms with Gasteiger partial charge in [-0.25, -0.2) is 4.79 Å². The van der Waals surface area contributed by atoms with Crippen LogP contribution in [0.15, 0.2) is 12.1 Å². The fraction of sp³-hybridized carbons (Fsp3) is 0.417. The monoisotopic (exact) mass is 268 g/mol. The van der Waals surface area contributed by atoms with Crippen molar-refractivity contribution in [2.24, 2.45) is 0 Å². The van der Waals surface area contributed by atoms with Crippen LogP contribution < -0.4 is 4.74 Å². The molecular formula is C12H16N2O5. The smallest absolute Gasteiger partial charge is 0.437 e. The highest BCUT2D eigenvalue weighted by Crippen LogP contribution is 2.29. The molecule has 7 nitrogen and oxygen atoms in total. The molecule has 19 heavy (non-hydrogen) atoms. The first kappa shape index (κ1) is 14.9. The van der Waals surface area contributed by atoms with Crippen LogP contribution in [0.4, 0.5) is 10.5 Å². The standard InChI is InChI=1S/C12H16N2O5/c1-8-5-9(7-13(2)3)10(14(16)17)6-11(8)19-12(15)18-4/h5-6H,7H2,1-4H3. The van der Waals surface area contributed by atoms with Crippen LogP contribution in [0.1, 0.15) is 11.1 Å². The van der Waals surface area contributed by atoms with Gasteiger partial charge in [0, 0.05) is 12.1 Å². The number of hydrogen-bond donors (Lipinski definition) is 0. The molecule has 0 spiro atoms. The van der Waals surface area contributed by atoms with Crippen LogP contribution in [0, 0.1) is 17.0 Å². The molecule has 0 amide bonds. The molecular weight excluding hydrogens is 252 g/mol. The molecule has 0 aliphatic carbocycles. The lowest BCUT2D eigenvalue weighted by Gasteiger charge is -2.12. The third-order valence-electron chi connectivity index (χ3n) is 2.42. The highest BCUT2D eigenvalue weighted by atomic mass is 16.7. The van der Waals surface area contributed by atoms with Crippen molar-refractivity contribution < 1.29 is 19.2 Å². The van der Waals surface area contributed by atoms with Gasteiger partial charge in [-0.05, 0) is 32.6 Å². The van der Waals surface area contributed by atoms with Crippen LogP contribution in [0.5, 0.6) is 5.75 Å². The summed E-state index contributed by atoms with van der Waals surface area (Å²) < 4.78 is 9.23. The van der Waals surface area contributed by atoms with Gasteiger partial charge in [0.15, 0.2) is 0 Å². The third kappa shape index (κ3) is 3.92. The number of methoxy groups -OCH3 is 1. The van der Waals surface area contributed by atoms with E-state index in [-0.39, 0.29) is 11.4 Å². The summed E-state index contributed by atoms with van der Waals surface area (Å²) in [5.74, 6) is 0.126. The molecule has 1 aromatic carbocycles. The summed E-state index contributed by atoms with van der Waals surface area (Å²) in [6.07, 6.45) is -0.905. The first-order chi connectivity index (χ1) is 8.85. The predicted octanol–water partition coefficient (Wildman–Crippen LogP) is 2.11. The van der Waals surface area contributed by atoms with Crippen LogP contribution in [0.25, 0.3) is 0 Å². The van der Waals surface area contributed by atoms with Crippen LogP contribution in [-0.2, 0) is 11.3 Å². The molecule has 0 radical (unpaired) electrons. The van der Waals surface area contributed by atoms with Crippen molar-refractivity contribution in [2.75, 3.05) is 21.2 Å². The average Bonchev–Trinajstić information content (AvgIpc) is 2.31. The molecule has 0 atom stereocenters. The minimum absolute atomic E-state index is 0.0850. The fourth-order valence-corrected chi connectivity index (χ4v) is 1.62. The van der Waals surface area contributed by atoms with Crippen LogP contribution in [0.3, 0.4) is 0 Å². The maximum absolute atomic E-state index is 11.1. The second-order valence-electron chi connectivity index (χ2n) is 4.30. The van der Waals surface area contributed by atoms with Gasteiger partial charge in [0.1, 0.15) is 5.75 Å². The number of carbonyl (C=O) groups excluding carboxylic acids is 1. The summed E-state index contributed by atoms with van der Waals surface area (Å²) in [7, 11) is 4.81. The molecule has 0 unspecified atom stereocenters. The topological polar surface area (TPSA) is 81.9 Å². The van der Waals surface area contributed by atoms with Gasteiger partial charge in [-0.3, -0.25) is 10.1 Å². The molecule has 1 rings (SSSR count). The number of ether oxygens (including phenoxy) is 2. The van der Waals surface area contributed by atoms with Gasteiger partial charge in [0.25, 0.3) is 5.69 Å². The van der Waals surface area contributed by atoms with Gasteiger partial charge >= 0.3 is 6.16 Å². The zero-order valence-electron chi connectivity index (χ0n) is 11.3. The van der Waals surface area contributed by atoms with E-state index in [1.165, 1.54) is 13.2 Å². The Balaban J connectivity index is 3.20. The number of rotatable bonds is 4. The van der Waals surface area contributed by atoms with E-state index in [1.54, 1.807) is 13.0 Å². The second-order valence-corrected chi connectivity index (χ2v) is 4.30. The minimum Gasteiger partial charge on any atom is -0.437 e. The second kappa shape index (κ2) is 6.14. The minimum atomic E-state index is -0.905. The molecule has 0 saturated heterocycles. The fourth-order valence-electron chi connectivity index (χ4n) is 1.62. The van der Waals surface area contributed by atoms with E-state index in [4.69, 9.17) is 4.74 Å². The lowest BCUT2D eigenvalue weighted by molar-refractivity contribution is -0.385. The van der Waals surface area contributed by atoms with E-state index < -0.39 is 11.1 Å². The molecule has 0 bridgehead atoms. The Morgan fingerprint density at radius 3 is 2.53 bits per heavy atom. The third-order valence-corrected chi connectivity index (χ3v) is 2.42. The van der Waals surface area contributed by atoms with Crippen molar-refractivity contribution in [3.05, 3.63) is 33.4 Å². The molecule has 0 N–H and O–H groups in total. The summed E-state index contributed by atoms with van der Waals surface area (Å²) in [5.41, 5.74) is 1.11. The van der Waals surface area contributed by atoms with Crippen molar-refractivity contribution >= 4 is 11.8 Å². The Bertz CT molecular complexity index is 499. The van der Waals surface area contributed by atoms with E-state index in [0.29, 0.717) is 17.7 Å². The zero-order chi connectivity index (χ0) is 14.6. The first-order valence-corrected chi connectivity index (χ1v) is 5.53. The highest BCUT2D eigenvalue weighted by molar-refractivity contribution is 5.65. The van der Waals surface area contributed by atoms with Crippen molar-refractivity contribution in [3.63, 3.8) is 0 Å². The molecule has 1 aromatic rings. The number of nitrogens with zero attached hydrogens (tertiary/aromatic N) is 2. The summed E-state index contributed by atoms with van der Waals surface area (Å²) in [6.45, 7) is 2.14. The van der Waals surface area contributed by atoms with Crippen molar-refractivity contribution in [2.45, 2.75) is 13.5 Å². The Labute approximate surface area is 110 Å². The van der Waals surface area contributed by atoms with Gasteiger partial charge in [0.05, 0.1) is 18.1 Å². The number of benzene rings is 1. The van der Waals surface area contributed by atoms with Crippen molar-refractivity contribution in [3.8, 4) is 5.75 Å². The molecule has 0 aliphatic heterocycles. The normalized spacial score (nSPS) is 10.4. The Kier molecular flexibility index (Phi) is 4.82. The van der Waals surface area contributed by atoms with E-state index >= 15 is 0 Å². The Morgan fingerprint density at radius 2 is 2.05 bits per heavy atom. The van der Waals surface area contributed by atoms with Crippen LogP contribution in [-0.4, -0.2) is 37.2 Å². The quantitative estimate of drug-likeness (QED) is 0.360. The van der Waals surface area contributed by atoms with Gasteiger partial charge in [-0.2, -0.15) is 0 Å². The van der Waals surface area contributed by atoms with Gasteiger partial charge in [0.2, 0.25) is 0 Å². The number of hydrogen-bond acceptors (Lipinski definition) is 6. The largest absolute Gasteiger partial charge is 0.513 e. The molecule has 104 valence electrons. The molecule has 0 fully saturated rings. The van der Waals surface area contributed by atoms with E-state index in [0.717, 1.165) is 0 Å². The summed E-state index contributed by atoms with van der Waals surface area (Å²) in [5, 5.41) is 11.0. The zero-order valence-corrected chi connectivity index (χ0v) is 11.3. The summed E-state index contributed by atoms with van der Waals surface area (Å²) >= 11 is 0. The van der Waals surface area contributed by atoms with Gasteiger partial charge in [-0.15, -0.1) is 0 Å². The maximum Gasteiger partial charge on any atom is 0.513 e. The van der Waals surface area contributed by atoms with E-state index in [9.17, 15) is 14.9 Å². The summed E-state index contributed by atoms with van der Waals surface area (Å²) in [6, 6.07) is 2.88. The maximum atomic E-state index is 11.1. The SMILES string of the molecule is COC(=O)Oc1cc([N+](=O)[O-])c(CN(C)C)cc1C. The average molecular weight is 268 g/mol. The number of aryl methyl sites for hydroxylation is 1. The number of nitro groups is 1. The Morgan fingerprint density at radius 1 is 1.42 bits per heavy atom. The number of nitro benzene ring substituents is 1. The lowest BCUT2D eigenvalue weighted by atomic mass is 10.1. The van der Waals surface area contributed by atoms with Crippen molar-refractivity contribution in [1.29, 1.82) is 0 Å². The van der Waals surface area contributed by atoms with E-state index in [1.807, 2.05) is 19.0 Å². The van der Waals surface area contributed by atoms with Gasteiger partial charge < -0.3 is 14.4 Å². The lowest BCUT2D eigenvalue weighted by Crippen LogP contribution is -2.13. The van der Waals surface area contributed by atoms with Gasteiger partial charge in [-0.1, -0.05) is 0 Å². The summed E-state index contributed by atoms with van der Waals surface area (Å²) in [4.78, 5) is 23.4. The molecule has 0 aliphatic rings. The van der Waals surface area contributed by atoms with Crippen LogP contribution in [0.2, 0.25) is 0 Å². The molecule has 0 heterocycles.